The molecule has 0 atom stereocenters. The zero-order valence-electron chi connectivity index (χ0n) is 80.7. The number of para-hydroxylation sites is 4. The van der Waals surface area contributed by atoms with Crippen molar-refractivity contribution in [1.29, 1.82) is 0 Å². The molecule has 696 valence electrons. The molecule has 149 heavy (non-hydrogen) atoms. The number of thiophene rings is 5. The maximum absolute atomic E-state index is 6.36. The summed E-state index contributed by atoms with van der Waals surface area (Å²) in [7, 11) is 0. The summed E-state index contributed by atoms with van der Waals surface area (Å²) in [5.74, 6) is 0. The minimum Gasteiger partial charge on any atom is -0.455 e. The summed E-state index contributed by atoms with van der Waals surface area (Å²) in [5, 5.41) is 18.2. The van der Waals surface area contributed by atoms with Crippen LogP contribution < -0.4 is 0 Å². The van der Waals surface area contributed by atoms with E-state index in [-0.39, 0.29) is 0 Å². The van der Waals surface area contributed by atoms with Crippen molar-refractivity contribution in [3.8, 4) is 134 Å². The lowest BCUT2D eigenvalue weighted by Crippen LogP contribution is -1.84. The molecule has 0 saturated heterocycles. The summed E-state index contributed by atoms with van der Waals surface area (Å²) < 4.78 is 26.4. The summed E-state index contributed by atoms with van der Waals surface area (Å²) in [5.41, 5.74) is 46.4. The Hall–Kier alpha value is -17.2. The van der Waals surface area contributed by atoms with Crippen molar-refractivity contribution < 1.29 is 8.83 Å². The molecule has 0 N–H and O–H groups in total. The molecule has 7 heterocycles. The average molecular weight is 1980 g/mol. The van der Waals surface area contributed by atoms with Crippen LogP contribution >= 0.6 is 56.7 Å². The molecule has 4 aliphatic rings. The second kappa shape index (κ2) is 34.7. The molecule has 23 aromatic carbocycles. The molecule has 0 fully saturated rings. The molecule has 0 unspecified atom stereocenters. The Balaban J connectivity index is 0.0000000899. The van der Waals surface area contributed by atoms with Crippen molar-refractivity contribution in [2.75, 3.05) is 0 Å². The van der Waals surface area contributed by atoms with E-state index in [1.54, 1.807) is 0 Å². The number of benzene rings is 23. The molecule has 7 aromatic heterocycles. The lowest BCUT2D eigenvalue weighted by Gasteiger charge is -2.10. The molecule has 0 radical (unpaired) electrons. The molecule has 0 amide bonds. The lowest BCUT2D eigenvalue weighted by molar-refractivity contribution is 0.669. The summed E-state index contributed by atoms with van der Waals surface area (Å²) in [6, 6.07) is 174. The normalized spacial score (nSPS) is 12.5. The van der Waals surface area contributed by atoms with Crippen LogP contribution in [0.2, 0.25) is 0 Å². The van der Waals surface area contributed by atoms with Gasteiger partial charge in [-0.1, -0.05) is 406 Å². The highest BCUT2D eigenvalue weighted by Gasteiger charge is 2.29. The highest BCUT2D eigenvalue weighted by atomic mass is 32.1. The smallest absolute Gasteiger partial charge is 0.143 e. The van der Waals surface area contributed by atoms with Gasteiger partial charge >= 0.3 is 0 Å². The molecule has 2 nitrogen and oxygen atoms in total. The second-order valence-electron chi connectivity index (χ2n) is 40.0. The molecular weight excluding hydrogens is 1900 g/mol. The van der Waals surface area contributed by atoms with Gasteiger partial charge in [-0.25, -0.2) is 0 Å². The van der Waals surface area contributed by atoms with Crippen LogP contribution in [-0.2, 0) is 25.7 Å². The summed E-state index contributed by atoms with van der Waals surface area (Å²) in [6.45, 7) is 0. The van der Waals surface area contributed by atoms with Crippen LogP contribution in [0.3, 0.4) is 0 Å². The quantitative estimate of drug-likeness (QED) is 0.152. The second-order valence-corrected chi connectivity index (χ2v) is 45.2. The van der Waals surface area contributed by atoms with E-state index < -0.39 is 0 Å². The van der Waals surface area contributed by atoms with Gasteiger partial charge in [-0.3, -0.25) is 0 Å². The predicted molar refractivity (Wildman–Crippen MR) is 641 cm³/mol. The van der Waals surface area contributed by atoms with E-state index in [1.165, 1.54) is 268 Å². The Morgan fingerprint density at radius 2 is 0.356 bits per heavy atom. The number of rotatable bonds is 8. The van der Waals surface area contributed by atoms with E-state index >= 15 is 0 Å². The van der Waals surface area contributed by atoms with Crippen molar-refractivity contribution in [3.63, 3.8) is 0 Å². The van der Waals surface area contributed by atoms with Gasteiger partial charge in [0.05, 0.1) is 0 Å². The first-order chi connectivity index (χ1) is 73.8. The largest absolute Gasteiger partial charge is 0.455 e. The van der Waals surface area contributed by atoms with Crippen LogP contribution in [0, 0.1) is 0 Å². The molecule has 0 saturated carbocycles. The van der Waals surface area contributed by atoms with E-state index in [0.717, 1.165) is 80.7 Å². The van der Waals surface area contributed by atoms with E-state index in [2.05, 4.69) is 449 Å². The summed E-state index contributed by atoms with van der Waals surface area (Å²) in [6.07, 6.45) is 3.98. The first kappa shape index (κ1) is 86.1. The van der Waals surface area contributed by atoms with Gasteiger partial charge in [-0.05, 0) is 259 Å². The topological polar surface area (TPSA) is 26.3 Å². The SMILES string of the molecule is c1ccc(-c2cccc3c2sc2c(-c4ccc5c(c4)-c4ccccc4C5)cccc23)cc1.c1ccc2c(c1)oc1c(-c3ccc4c(c3)-c3cc(-c5cccc6c5oc5ccccc56)ccc3C4)cccc12.c1ccc2c(c1)sc1c(-c3ccc4c(c3)-c3cc(-c5cccc6c5sc5ccccc56)ccc3C4)cccc12.c1ccc2c(c1)sc1c(-c3ccc4c(c3)Cc3cc(-c5cccc6c5sc5ccccc56)ccc3-4)cccc12. The maximum atomic E-state index is 6.36. The van der Waals surface area contributed by atoms with Gasteiger partial charge in [0.25, 0.3) is 0 Å². The van der Waals surface area contributed by atoms with Crippen LogP contribution in [-0.4, -0.2) is 0 Å². The molecule has 30 aromatic rings. The monoisotopic (exact) mass is 1980 g/mol. The van der Waals surface area contributed by atoms with Gasteiger partial charge in [-0.2, -0.15) is 0 Å². The minimum atomic E-state index is 0.927. The van der Waals surface area contributed by atoms with Crippen LogP contribution in [0.25, 0.3) is 278 Å². The first-order valence-corrected chi connectivity index (χ1v) is 55.3. The Bertz CT molecular complexity index is 10100. The minimum absolute atomic E-state index is 0.927. The number of hydrogen-bond acceptors (Lipinski definition) is 7. The zero-order chi connectivity index (χ0) is 97.6. The third-order valence-corrected chi connectivity index (χ3v) is 37.8. The van der Waals surface area contributed by atoms with Crippen LogP contribution in [0.5, 0.6) is 0 Å². The fourth-order valence-corrected chi connectivity index (χ4v) is 30.9. The van der Waals surface area contributed by atoms with E-state index in [1.807, 2.05) is 80.9 Å². The Morgan fingerprint density at radius 1 is 0.128 bits per heavy atom. The van der Waals surface area contributed by atoms with Gasteiger partial charge in [0.2, 0.25) is 0 Å². The van der Waals surface area contributed by atoms with Crippen molar-refractivity contribution in [1.82, 2.24) is 0 Å². The van der Waals surface area contributed by atoms with E-state index in [9.17, 15) is 0 Å². The van der Waals surface area contributed by atoms with Crippen molar-refractivity contribution >= 4 is 201 Å². The number of hydrogen-bond donors (Lipinski definition) is 0. The molecule has 7 heteroatoms. The van der Waals surface area contributed by atoms with Crippen molar-refractivity contribution in [3.05, 3.63) is 518 Å². The summed E-state index contributed by atoms with van der Waals surface area (Å²) in [4.78, 5) is 0. The molecule has 0 aliphatic heterocycles. The van der Waals surface area contributed by atoms with Gasteiger partial charge < -0.3 is 8.83 Å². The van der Waals surface area contributed by atoms with Crippen LogP contribution in [0.4, 0.5) is 0 Å². The predicted octanol–water partition coefficient (Wildman–Crippen LogP) is 42.0. The Kier molecular flexibility index (Phi) is 20.1. The third-order valence-electron chi connectivity index (χ3n) is 31.7. The number of furan rings is 2. The van der Waals surface area contributed by atoms with E-state index in [0.29, 0.717) is 0 Å². The Labute approximate surface area is 879 Å². The van der Waals surface area contributed by atoms with Gasteiger partial charge in [0.15, 0.2) is 0 Å². The van der Waals surface area contributed by atoms with Gasteiger partial charge in [0.1, 0.15) is 22.3 Å². The summed E-state index contributed by atoms with van der Waals surface area (Å²) >= 11 is 9.55. The molecule has 4 aliphatic carbocycles. The van der Waals surface area contributed by atoms with Crippen molar-refractivity contribution in [2.24, 2.45) is 0 Å². The van der Waals surface area contributed by atoms with Crippen LogP contribution in [0.1, 0.15) is 44.5 Å². The molecule has 0 spiro atoms. The molecular formula is C142H86O2S5. The van der Waals surface area contributed by atoms with Crippen LogP contribution in [0.15, 0.2) is 482 Å². The fourth-order valence-electron chi connectivity index (χ4n) is 24.6. The standard InChI is InChI=1S/C37H22O2.2C37H22S2.C31H20S/c1-3-13-34-28(7-1)30-11-5-9-26(36(30)38-34)24-17-15-22-19-23-16-18-25(21-33(23)32(22)20-24)27-10-6-12-31-29-8-2-4-14-35(29)39-37(27)31;1-3-13-34-30(7-1)32-11-5-9-28(36(32)38-34)22-15-17-26-24(19-22)21-25-20-23(16-18-27(25)26)29-10-6-12-33-31-8-2-4-14-35(31)39-37(29)33;1-3-13-34-28(7-1)30-11-5-9-26(36(30)38-34)24-17-15-22-19-23-16-18-25(21-33(23)32(22)20-24)27-10-6-12-31-29-8-2-4-14-35(29)39-37(27)31;1-2-8-20(9-3-1)25-12-6-14-27-28-15-7-13-26(31(28)32-30(25)27)23-17-16-22-18-21-10-4-5-11-24(21)29(22)19-23/h1-18,20-21H,19H2;1-20H,21H2;1-18,20-21H,19H2;1-17,19H,18H2. The maximum Gasteiger partial charge on any atom is 0.143 e. The molecule has 34 rings (SSSR count). The average Bonchev–Trinajstić information content (AvgIpc) is 1.59. The fraction of sp³-hybridized carbons (Fsp3) is 0.0282. The zero-order valence-corrected chi connectivity index (χ0v) is 84.8. The number of fused-ring (bicyclic) bond motifs is 33. The highest BCUT2D eigenvalue weighted by molar-refractivity contribution is 7.28. The molecule has 0 bridgehead atoms. The van der Waals surface area contributed by atoms with E-state index in [4.69, 9.17) is 8.83 Å². The van der Waals surface area contributed by atoms with Crippen molar-refractivity contribution in [2.45, 2.75) is 25.7 Å². The van der Waals surface area contributed by atoms with Gasteiger partial charge in [0, 0.05) is 134 Å². The first-order valence-electron chi connectivity index (χ1n) is 51.3. The van der Waals surface area contributed by atoms with Gasteiger partial charge in [-0.15, -0.1) is 56.7 Å². The highest BCUT2D eigenvalue weighted by Crippen LogP contribution is 2.54. The Morgan fingerprint density at radius 3 is 0.718 bits per heavy atom. The third kappa shape index (κ3) is 14.2. The lowest BCUT2D eigenvalue weighted by atomic mass is 9.95.